The number of halogens is 1. The monoisotopic (exact) mass is 483 g/mol. The number of hydrazine groups is 1. The second-order valence-corrected chi connectivity index (χ2v) is 7.27. The summed E-state index contributed by atoms with van der Waals surface area (Å²) in [6, 6.07) is 15.6. The molecule has 0 aliphatic heterocycles. The standard InChI is InChI=1S/C24H22ClN3O6/c1-32-19-12-15(13-20(33-2)21(19)34-3)23(30)27-28-24(31)17-6-4-5-7-18(17)26-22(29)14-8-10-16(25)11-9-14/h4-13H,1-3H3,(H,26,29)(H,27,30)(H,28,31). The molecule has 0 heterocycles. The summed E-state index contributed by atoms with van der Waals surface area (Å²) in [5.41, 5.74) is 5.63. The predicted octanol–water partition coefficient (Wildman–Crippen LogP) is 3.69. The third kappa shape index (κ3) is 5.57. The van der Waals surface area contributed by atoms with Gasteiger partial charge in [-0.2, -0.15) is 0 Å². The highest BCUT2D eigenvalue weighted by Gasteiger charge is 2.19. The van der Waals surface area contributed by atoms with E-state index in [0.29, 0.717) is 16.3 Å². The fourth-order valence-electron chi connectivity index (χ4n) is 3.05. The molecule has 3 N–H and O–H groups in total. The van der Waals surface area contributed by atoms with Crippen LogP contribution >= 0.6 is 11.6 Å². The first-order valence-electron chi connectivity index (χ1n) is 9.94. The third-order valence-electron chi connectivity index (χ3n) is 4.74. The fraction of sp³-hybridized carbons (Fsp3) is 0.125. The van der Waals surface area contributed by atoms with E-state index in [1.165, 1.54) is 39.5 Å². The van der Waals surface area contributed by atoms with Crippen LogP contribution in [0.4, 0.5) is 5.69 Å². The lowest BCUT2D eigenvalue weighted by atomic mass is 10.1. The Morgan fingerprint density at radius 3 is 1.88 bits per heavy atom. The van der Waals surface area contributed by atoms with Crippen molar-refractivity contribution in [2.24, 2.45) is 0 Å². The number of anilines is 1. The number of amides is 3. The molecule has 0 saturated heterocycles. The topological polar surface area (TPSA) is 115 Å². The minimum atomic E-state index is -0.632. The van der Waals surface area contributed by atoms with Crippen LogP contribution < -0.4 is 30.4 Å². The molecule has 0 bridgehead atoms. The molecule has 0 saturated carbocycles. The van der Waals surface area contributed by atoms with Gasteiger partial charge in [0.2, 0.25) is 5.75 Å². The van der Waals surface area contributed by atoms with E-state index in [2.05, 4.69) is 16.2 Å². The highest BCUT2D eigenvalue weighted by Crippen LogP contribution is 2.38. The van der Waals surface area contributed by atoms with Crippen molar-refractivity contribution >= 4 is 35.0 Å². The van der Waals surface area contributed by atoms with Crippen LogP contribution in [0.3, 0.4) is 0 Å². The van der Waals surface area contributed by atoms with Crippen molar-refractivity contribution in [1.82, 2.24) is 10.9 Å². The molecule has 0 radical (unpaired) electrons. The van der Waals surface area contributed by atoms with Gasteiger partial charge in [-0.05, 0) is 48.5 Å². The first-order valence-corrected chi connectivity index (χ1v) is 10.3. The van der Waals surface area contributed by atoms with Gasteiger partial charge in [0, 0.05) is 16.1 Å². The predicted molar refractivity (Wildman–Crippen MR) is 127 cm³/mol. The van der Waals surface area contributed by atoms with E-state index in [1.54, 1.807) is 42.5 Å². The molecule has 0 atom stereocenters. The Labute approximate surface area is 200 Å². The quantitative estimate of drug-likeness (QED) is 0.441. The molecular formula is C24H22ClN3O6. The maximum absolute atomic E-state index is 12.7. The van der Waals surface area contributed by atoms with Crippen LogP contribution in [0.2, 0.25) is 5.02 Å². The zero-order chi connectivity index (χ0) is 24.7. The minimum Gasteiger partial charge on any atom is -0.493 e. The summed E-state index contributed by atoms with van der Waals surface area (Å²) >= 11 is 5.86. The Balaban J connectivity index is 1.73. The van der Waals surface area contributed by atoms with Crippen molar-refractivity contribution in [3.8, 4) is 17.2 Å². The largest absolute Gasteiger partial charge is 0.493 e. The van der Waals surface area contributed by atoms with Crippen LogP contribution in [-0.2, 0) is 0 Å². The zero-order valence-corrected chi connectivity index (χ0v) is 19.4. The van der Waals surface area contributed by atoms with Gasteiger partial charge in [0.1, 0.15) is 0 Å². The van der Waals surface area contributed by atoms with Gasteiger partial charge in [-0.25, -0.2) is 0 Å². The molecule has 0 aliphatic carbocycles. The molecule has 9 nitrogen and oxygen atoms in total. The second-order valence-electron chi connectivity index (χ2n) is 6.83. The van der Waals surface area contributed by atoms with E-state index in [9.17, 15) is 14.4 Å². The van der Waals surface area contributed by atoms with Crippen molar-refractivity contribution in [3.05, 3.63) is 82.4 Å². The summed E-state index contributed by atoms with van der Waals surface area (Å²) in [5.74, 6) is -0.764. The lowest BCUT2D eigenvalue weighted by Crippen LogP contribution is -2.42. The Bertz CT molecular complexity index is 1190. The van der Waals surface area contributed by atoms with E-state index in [-0.39, 0.29) is 28.3 Å². The first kappa shape index (κ1) is 24.4. The second kappa shape index (κ2) is 11.1. The molecule has 3 rings (SSSR count). The van der Waals surface area contributed by atoms with E-state index in [0.717, 1.165) is 0 Å². The molecule has 0 unspecified atom stereocenters. The average Bonchev–Trinajstić information content (AvgIpc) is 2.86. The third-order valence-corrected chi connectivity index (χ3v) is 4.99. The summed E-state index contributed by atoms with van der Waals surface area (Å²) in [6.45, 7) is 0. The lowest BCUT2D eigenvalue weighted by Gasteiger charge is -2.15. The first-order chi connectivity index (χ1) is 16.4. The molecular weight excluding hydrogens is 462 g/mol. The molecule has 34 heavy (non-hydrogen) atoms. The van der Waals surface area contributed by atoms with Crippen LogP contribution in [0, 0.1) is 0 Å². The summed E-state index contributed by atoms with van der Waals surface area (Å²) in [7, 11) is 4.30. The number of benzene rings is 3. The summed E-state index contributed by atoms with van der Waals surface area (Å²) in [6.07, 6.45) is 0. The van der Waals surface area contributed by atoms with Crippen molar-refractivity contribution in [3.63, 3.8) is 0 Å². The van der Waals surface area contributed by atoms with Crippen LogP contribution in [0.1, 0.15) is 31.1 Å². The summed E-state index contributed by atoms with van der Waals surface area (Å²) in [5, 5.41) is 3.19. The van der Waals surface area contributed by atoms with E-state index < -0.39 is 17.7 Å². The normalized spacial score (nSPS) is 10.1. The number of methoxy groups -OCH3 is 3. The summed E-state index contributed by atoms with van der Waals surface area (Å²) < 4.78 is 15.7. The van der Waals surface area contributed by atoms with Crippen molar-refractivity contribution < 1.29 is 28.6 Å². The number of hydrogen-bond acceptors (Lipinski definition) is 6. The number of ether oxygens (including phenoxy) is 3. The average molecular weight is 484 g/mol. The highest BCUT2D eigenvalue weighted by atomic mass is 35.5. The van der Waals surface area contributed by atoms with Gasteiger partial charge in [-0.15, -0.1) is 0 Å². The van der Waals surface area contributed by atoms with E-state index >= 15 is 0 Å². The van der Waals surface area contributed by atoms with Crippen LogP contribution in [-0.4, -0.2) is 39.1 Å². The SMILES string of the molecule is COc1cc(C(=O)NNC(=O)c2ccccc2NC(=O)c2ccc(Cl)cc2)cc(OC)c1OC. The minimum absolute atomic E-state index is 0.148. The van der Waals surface area contributed by atoms with E-state index in [1.807, 2.05) is 0 Å². The van der Waals surface area contributed by atoms with Gasteiger partial charge >= 0.3 is 0 Å². The highest BCUT2D eigenvalue weighted by molar-refractivity contribution is 6.30. The van der Waals surface area contributed by atoms with Crippen molar-refractivity contribution in [2.75, 3.05) is 26.6 Å². The maximum Gasteiger partial charge on any atom is 0.271 e. The van der Waals surface area contributed by atoms with Gasteiger partial charge in [0.05, 0.1) is 32.6 Å². The number of carbonyl (C=O) groups excluding carboxylic acids is 3. The number of hydrogen-bond donors (Lipinski definition) is 3. The maximum atomic E-state index is 12.7. The molecule has 0 aromatic heterocycles. The molecule has 0 fully saturated rings. The van der Waals surface area contributed by atoms with Crippen LogP contribution in [0.5, 0.6) is 17.2 Å². The smallest absolute Gasteiger partial charge is 0.271 e. The van der Waals surface area contributed by atoms with Gasteiger partial charge < -0.3 is 19.5 Å². The van der Waals surface area contributed by atoms with Crippen LogP contribution in [0.15, 0.2) is 60.7 Å². The molecule has 3 amide bonds. The zero-order valence-electron chi connectivity index (χ0n) is 18.6. The molecule has 0 aliphatic rings. The van der Waals surface area contributed by atoms with Gasteiger partial charge in [0.25, 0.3) is 17.7 Å². The molecule has 3 aromatic rings. The number of nitrogens with one attached hydrogen (secondary N) is 3. The van der Waals surface area contributed by atoms with E-state index in [4.69, 9.17) is 25.8 Å². The van der Waals surface area contributed by atoms with Gasteiger partial charge in [-0.3, -0.25) is 25.2 Å². The summed E-state index contributed by atoms with van der Waals surface area (Å²) in [4.78, 5) is 37.9. The Hall–Kier alpha value is -4.24. The van der Waals surface area contributed by atoms with Crippen molar-refractivity contribution in [2.45, 2.75) is 0 Å². The van der Waals surface area contributed by atoms with Crippen LogP contribution in [0.25, 0.3) is 0 Å². The number of para-hydroxylation sites is 1. The number of rotatable bonds is 7. The Kier molecular flexibility index (Phi) is 7.94. The number of carbonyl (C=O) groups is 3. The lowest BCUT2D eigenvalue weighted by molar-refractivity contribution is 0.0846. The molecule has 10 heteroatoms. The molecule has 3 aromatic carbocycles. The van der Waals surface area contributed by atoms with Crippen molar-refractivity contribution in [1.29, 1.82) is 0 Å². The molecule has 0 spiro atoms. The van der Waals surface area contributed by atoms with Gasteiger partial charge in [-0.1, -0.05) is 23.7 Å². The fourth-order valence-corrected chi connectivity index (χ4v) is 3.18. The van der Waals surface area contributed by atoms with Gasteiger partial charge in [0.15, 0.2) is 11.5 Å². The Morgan fingerprint density at radius 1 is 0.706 bits per heavy atom. The molecule has 176 valence electrons. The Morgan fingerprint density at radius 2 is 1.29 bits per heavy atom.